The molecule has 3 radical (unpaired) electrons. The van der Waals surface area contributed by atoms with Crippen LogP contribution in [0.4, 0.5) is 0 Å². The number of rotatable bonds is 1. The van der Waals surface area contributed by atoms with Crippen LogP contribution in [0.1, 0.15) is 13.3 Å². The molecule has 0 aromatic rings. The van der Waals surface area contributed by atoms with E-state index in [9.17, 15) is 4.79 Å². The first-order valence-corrected chi connectivity index (χ1v) is 2.08. The van der Waals surface area contributed by atoms with Gasteiger partial charge in [-0.25, -0.2) is 0 Å². The first kappa shape index (κ1) is 5.69. The van der Waals surface area contributed by atoms with Gasteiger partial charge in [0.25, 0.3) is 5.97 Å². The summed E-state index contributed by atoms with van der Waals surface area (Å²) in [5, 5.41) is 0. The summed E-state index contributed by atoms with van der Waals surface area (Å²) >= 11 is 0. The molecule has 0 spiro atoms. The SMILES string of the molecule is CCC(=O)O[Si]. The lowest BCUT2D eigenvalue weighted by Crippen LogP contribution is -1.96. The summed E-state index contributed by atoms with van der Waals surface area (Å²) < 4.78 is 4.07. The summed E-state index contributed by atoms with van der Waals surface area (Å²) in [7, 11) is 2.57. The van der Waals surface area contributed by atoms with E-state index < -0.39 is 0 Å². The molecule has 0 fully saturated rings. The highest BCUT2D eigenvalue weighted by molar-refractivity contribution is 6.05. The van der Waals surface area contributed by atoms with E-state index in [2.05, 4.69) is 14.9 Å². The molecule has 6 heavy (non-hydrogen) atoms. The molecule has 0 aromatic heterocycles. The minimum Gasteiger partial charge on any atom is -0.516 e. The molecular formula is C3H5O2Si. The number of carbonyl (C=O) groups is 1. The molecule has 0 aliphatic rings. The Kier molecular flexibility index (Phi) is 2.75. The zero-order valence-electron chi connectivity index (χ0n) is 3.52. The highest BCUT2D eigenvalue weighted by atomic mass is 28.2. The first-order chi connectivity index (χ1) is 2.81. The Bertz CT molecular complexity index is 46.8. The van der Waals surface area contributed by atoms with Gasteiger partial charge in [-0.2, -0.15) is 0 Å². The van der Waals surface area contributed by atoms with Gasteiger partial charge in [0.1, 0.15) is 0 Å². The van der Waals surface area contributed by atoms with Crippen LogP contribution >= 0.6 is 0 Å². The largest absolute Gasteiger partial charge is 0.516 e. The normalized spacial score (nSPS) is 7.67. The summed E-state index contributed by atoms with van der Waals surface area (Å²) in [6.07, 6.45) is 0.420. The lowest BCUT2D eigenvalue weighted by atomic mass is 10.5. The molecule has 0 amide bonds. The van der Waals surface area contributed by atoms with E-state index >= 15 is 0 Å². The maximum Gasteiger partial charge on any atom is 0.345 e. The van der Waals surface area contributed by atoms with Gasteiger partial charge < -0.3 is 4.43 Å². The van der Waals surface area contributed by atoms with Crippen LogP contribution in [0.3, 0.4) is 0 Å². The molecule has 0 aliphatic heterocycles. The van der Waals surface area contributed by atoms with Crippen LogP contribution in [0.15, 0.2) is 0 Å². The predicted octanol–water partition coefficient (Wildman–Crippen LogP) is 0.0231. The van der Waals surface area contributed by atoms with Crippen molar-refractivity contribution in [2.45, 2.75) is 13.3 Å². The molecule has 3 heteroatoms. The van der Waals surface area contributed by atoms with Crippen LogP contribution in [0, 0.1) is 0 Å². The van der Waals surface area contributed by atoms with Crippen LogP contribution in [-0.4, -0.2) is 16.5 Å². The highest BCUT2D eigenvalue weighted by Crippen LogP contribution is 1.75. The fraction of sp³-hybridized carbons (Fsp3) is 0.667. The summed E-state index contributed by atoms with van der Waals surface area (Å²) in [5.74, 6) is -0.244. The molecule has 0 heterocycles. The van der Waals surface area contributed by atoms with Crippen LogP contribution < -0.4 is 0 Å². The quantitative estimate of drug-likeness (QED) is 0.435. The molecule has 0 unspecified atom stereocenters. The predicted molar refractivity (Wildman–Crippen MR) is 22.1 cm³/mol. The van der Waals surface area contributed by atoms with Crippen LogP contribution in [0.2, 0.25) is 0 Å². The lowest BCUT2D eigenvalue weighted by Gasteiger charge is -1.87. The van der Waals surface area contributed by atoms with E-state index in [1.807, 2.05) is 0 Å². The second-order valence-corrected chi connectivity index (χ2v) is 1.03. The minimum atomic E-state index is -0.244. The molecule has 0 atom stereocenters. The molecule has 0 N–H and O–H groups in total. The number of hydrogen-bond donors (Lipinski definition) is 0. The second-order valence-electron chi connectivity index (χ2n) is 0.828. The summed E-state index contributed by atoms with van der Waals surface area (Å²) in [6, 6.07) is 0. The maximum absolute atomic E-state index is 9.91. The van der Waals surface area contributed by atoms with Crippen molar-refractivity contribution >= 4 is 16.5 Å². The van der Waals surface area contributed by atoms with Gasteiger partial charge in [0.2, 0.25) is 0 Å². The monoisotopic (exact) mass is 101 g/mol. The third kappa shape index (κ3) is 1.96. The molecule has 0 saturated heterocycles. The van der Waals surface area contributed by atoms with Crippen LogP contribution in [-0.2, 0) is 9.22 Å². The Labute approximate surface area is 40.0 Å². The van der Waals surface area contributed by atoms with Gasteiger partial charge in [0.05, 0.1) is 0 Å². The van der Waals surface area contributed by atoms with E-state index in [0.717, 1.165) is 0 Å². The summed E-state index contributed by atoms with van der Waals surface area (Å²) in [4.78, 5) is 9.91. The number of carbonyl (C=O) groups excluding carboxylic acids is 1. The van der Waals surface area contributed by atoms with E-state index in [1.165, 1.54) is 0 Å². The average Bonchev–Trinajstić information content (AvgIpc) is 1.65. The van der Waals surface area contributed by atoms with Gasteiger partial charge in [-0.05, 0) is 0 Å². The molecule has 0 bridgehead atoms. The fourth-order valence-electron chi connectivity index (χ4n) is 0.0722. The van der Waals surface area contributed by atoms with E-state index in [4.69, 9.17) is 0 Å². The maximum atomic E-state index is 9.91. The highest BCUT2D eigenvalue weighted by Gasteiger charge is 1.87. The Balaban J connectivity index is 2.99. The number of hydrogen-bond acceptors (Lipinski definition) is 2. The topological polar surface area (TPSA) is 26.3 Å². The van der Waals surface area contributed by atoms with Gasteiger partial charge in [-0.15, -0.1) is 0 Å². The van der Waals surface area contributed by atoms with Gasteiger partial charge in [-0.3, -0.25) is 4.79 Å². The summed E-state index contributed by atoms with van der Waals surface area (Å²) in [6.45, 7) is 1.72. The van der Waals surface area contributed by atoms with Gasteiger partial charge in [0, 0.05) is 6.42 Å². The van der Waals surface area contributed by atoms with Crippen molar-refractivity contribution in [2.75, 3.05) is 0 Å². The zero-order chi connectivity index (χ0) is 4.99. The fourth-order valence-corrected chi connectivity index (χ4v) is 0.217. The van der Waals surface area contributed by atoms with Crippen molar-refractivity contribution in [2.24, 2.45) is 0 Å². The average molecular weight is 101 g/mol. The summed E-state index contributed by atoms with van der Waals surface area (Å²) in [5.41, 5.74) is 0. The van der Waals surface area contributed by atoms with E-state index in [1.54, 1.807) is 6.92 Å². The molecule has 0 aliphatic carbocycles. The van der Waals surface area contributed by atoms with Gasteiger partial charge in [0.15, 0.2) is 0 Å². The molecule has 0 aromatic carbocycles. The van der Waals surface area contributed by atoms with Gasteiger partial charge in [-0.1, -0.05) is 6.92 Å². The van der Waals surface area contributed by atoms with Crippen LogP contribution in [0.5, 0.6) is 0 Å². The minimum absolute atomic E-state index is 0.244. The van der Waals surface area contributed by atoms with Crippen molar-refractivity contribution in [1.29, 1.82) is 0 Å². The van der Waals surface area contributed by atoms with Gasteiger partial charge >= 0.3 is 10.5 Å². The van der Waals surface area contributed by atoms with Crippen molar-refractivity contribution in [1.82, 2.24) is 0 Å². The van der Waals surface area contributed by atoms with Crippen molar-refractivity contribution in [3.8, 4) is 0 Å². The standard InChI is InChI=1S/C3H5O2Si/c1-2-3(4)5-6/h2H2,1H3. The second kappa shape index (κ2) is 2.90. The Morgan fingerprint density at radius 2 is 2.50 bits per heavy atom. The Morgan fingerprint density at radius 1 is 2.00 bits per heavy atom. The Hall–Kier alpha value is -0.313. The Morgan fingerprint density at radius 3 is 2.50 bits per heavy atom. The zero-order valence-corrected chi connectivity index (χ0v) is 4.52. The van der Waals surface area contributed by atoms with Crippen molar-refractivity contribution < 1.29 is 9.22 Å². The molecule has 2 nitrogen and oxygen atoms in total. The molecule has 0 saturated carbocycles. The van der Waals surface area contributed by atoms with E-state index in [-0.39, 0.29) is 5.97 Å². The van der Waals surface area contributed by atoms with Crippen LogP contribution in [0.25, 0.3) is 0 Å². The van der Waals surface area contributed by atoms with Crippen molar-refractivity contribution in [3.63, 3.8) is 0 Å². The lowest BCUT2D eigenvalue weighted by molar-refractivity contribution is -0.133. The van der Waals surface area contributed by atoms with E-state index in [0.29, 0.717) is 6.42 Å². The smallest absolute Gasteiger partial charge is 0.345 e. The third-order valence-corrected chi connectivity index (χ3v) is 0.630. The first-order valence-electron chi connectivity index (χ1n) is 1.67. The molecular weight excluding hydrogens is 96.1 g/mol. The molecule has 0 rings (SSSR count). The third-order valence-electron chi connectivity index (χ3n) is 0.403. The molecule has 33 valence electrons. The van der Waals surface area contributed by atoms with Crippen molar-refractivity contribution in [3.05, 3.63) is 0 Å².